The van der Waals surface area contributed by atoms with Crippen LogP contribution in [0.4, 0.5) is 5.69 Å². The van der Waals surface area contributed by atoms with Crippen LogP contribution in [-0.4, -0.2) is 28.7 Å². The summed E-state index contributed by atoms with van der Waals surface area (Å²) < 4.78 is 0. The Morgan fingerprint density at radius 2 is 1.84 bits per heavy atom. The minimum atomic E-state index is -0.895. The molecular weight excluding hydrogens is 246 g/mol. The SMILES string of the molecule is CC(CC(=O)O)CC(=O)Nc1ccc(CCO)cc1. The summed E-state index contributed by atoms with van der Waals surface area (Å²) in [4.78, 5) is 22.2. The number of benzene rings is 1. The largest absolute Gasteiger partial charge is 0.481 e. The van der Waals surface area contributed by atoms with E-state index in [9.17, 15) is 9.59 Å². The predicted octanol–water partition coefficient (Wildman–Crippen LogP) is 1.66. The summed E-state index contributed by atoms with van der Waals surface area (Å²) in [7, 11) is 0. The lowest BCUT2D eigenvalue weighted by molar-refractivity contribution is -0.138. The van der Waals surface area contributed by atoms with Crippen molar-refractivity contribution in [3.8, 4) is 0 Å². The lowest BCUT2D eigenvalue weighted by Gasteiger charge is -2.09. The number of amides is 1. The second-order valence-electron chi connectivity index (χ2n) is 4.63. The highest BCUT2D eigenvalue weighted by molar-refractivity contribution is 5.91. The Hall–Kier alpha value is -1.88. The molecule has 1 aromatic carbocycles. The lowest BCUT2D eigenvalue weighted by atomic mass is 10.0. The van der Waals surface area contributed by atoms with E-state index in [0.29, 0.717) is 12.1 Å². The van der Waals surface area contributed by atoms with Gasteiger partial charge in [-0.25, -0.2) is 0 Å². The second kappa shape index (κ2) is 7.53. The molecule has 1 unspecified atom stereocenters. The van der Waals surface area contributed by atoms with Crippen LogP contribution in [0.25, 0.3) is 0 Å². The number of carboxylic acid groups (broad SMARTS) is 1. The molecule has 0 fully saturated rings. The van der Waals surface area contributed by atoms with Crippen molar-refractivity contribution < 1.29 is 19.8 Å². The minimum Gasteiger partial charge on any atom is -0.481 e. The van der Waals surface area contributed by atoms with Gasteiger partial charge < -0.3 is 15.5 Å². The monoisotopic (exact) mass is 265 g/mol. The van der Waals surface area contributed by atoms with Crippen LogP contribution in [-0.2, 0) is 16.0 Å². The average Bonchev–Trinajstić information content (AvgIpc) is 2.30. The second-order valence-corrected chi connectivity index (χ2v) is 4.63. The van der Waals surface area contributed by atoms with Gasteiger partial charge in [-0.1, -0.05) is 19.1 Å². The molecule has 5 nitrogen and oxygen atoms in total. The molecule has 5 heteroatoms. The van der Waals surface area contributed by atoms with E-state index in [1.807, 2.05) is 12.1 Å². The van der Waals surface area contributed by atoms with Crippen molar-refractivity contribution in [2.24, 2.45) is 5.92 Å². The van der Waals surface area contributed by atoms with Crippen LogP contribution in [0.2, 0.25) is 0 Å². The average molecular weight is 265 g/mol. The zero-order chi connectivity index (χ0) is 14.3. The summed E-state index contributed by atoms with van der Waals surface area (Å²) in [5.41, 5.74) is 1.67. The molecule has 0 spiro atoms. The first-order valence-corrected chi connectivity index (χ1v) is 6.22. The quantitative estimate of drug-likeness (QED) is 0.699. The maximum atomic E-state index is 11.7. The maximum Gasteiger partial charge on any atom is 0.303 e. The molecule has 3 N–H and O–H groups in total. The standard InChI is InChI=1S/C14H19NO4/c1-10(9-14(18)19)8-13(17)15-12-4-2-11(3-5-12)6-7-16/h2-5,10,16H,6-9H2,1H3,(H,15,17)(H,18,19). The third-order valence-electron chi connectivity index (χ3n) is 2.70. The van der Waals surface area contributed by atoms with Gasteiger partial charge in [0.15, 0.2) is 0 Å². The predicted molar refractivity (Wildman–Crippen MR) is 71.9 cm³/mol. The first-order valence-electron chi connectivity index (χ1n) is 6.22. The number of hydrogen-bond donors (Lipinski definition) is 3. The Morgan fingerprint density at radius 3 is 2.37 bits per heavy atom. The normalized spacial score (nSPS) is 11.9. The first kappa shape index (κ1) is 15.2. The first-order chi connectivity index (χ1) is 9.01. The molecule has 1 amide bonds. The van der Waals surface area contributed by atoms with E-state index in [1.54, 1.807) is 19.1 Å². The van der Waals surface area contributed by atoms with Crippen LogP contribution < -0.4 is 5.32 Å². The summed E-state index contributed by atoms with van der Waals surface area (Å²) in [6.07, 6.45) is 0.761. The third kappa shape index (κ3) is 6.01. The number of nitrogens with one attached hydrogen (secondary N) is 1. The lowest BCUT2D eigenvalue weighted by Crippen LogP contribution is -2.16. The number of carbonyl (C=O) groups is 2. The zero-order valence-electron chi connectivity index (χ0n) is 10.9. The van der Waals surface area contributed by atoms with Gasteiger partial charge in [-0.3, -0.25) is 9.59 Å². The highest BCUT2D eigenvalue weighted by Gasteiger charge is 2.12. The molecule has 1 rings (SSSR count). The van der Waals surface area contributed by atoms with Crippen molar-refractivity contribution >= 4 is 17.6 Å². The Bertz CT molecular complexity index is 428. The van der Waals surface area contributed by atoms with Crippen molar-refractivity contribution in [1.82, 2.24) is 0 Å². The van der Waals surface area contributed by atoms with Gasteiger partial charge in [0, 0.05) is 25.1 Å². The number of carbonyl (C=O) groups excluding carboxylic acids is 1. The number of carboxylic acids is 1. The minimum absolute atomic E-state index is 0.0111. The van der Waals surface area contributed by atoms with Gasteiger partial charge in [0.25, 0.3) is 0 Å². The molecule has 0 bridgehead atoms. The molecule has 0 radical (unpaired) electrons. The molecule has 0 aliphatic rings. The Labute approximate surface area is 112 Å². The Balaban J connectivity index is 2.45. The molecule has 19 heavy (non-hydrogen) atoms. The summed E-state index contributed by atoms with van der Waals surface area (Å²) >= 11 is 0. The fourth-order valence-electron chi connectivity index (χ4n) is 1.78. The number of hydrogen-bond acceptors (Lipinski definition) is 3. The van der Waals surface area contributed by atoms with E-state index in [0.717, 1.165) is 5.56 Å². The molecule has 0 aromatic heterocycles. The fraction of sp³-hybridized carbons (Fsp3) is 0.429. The fourth-order valence-corrected chi connectivity index (χ4v) is 1.78. The number of aliphatic carboxylic acids is 1. The number of aliphatic hydroxyl groups is 1. The molecule has 0 saturated carbocycles. The van der Waals surface area contributed by atoms with E-state index in [-0.39, 0.29) is 31.3 Å². The molecular formula is C14H19NO4. The molecule has 1 atom stereocenters. The molecule has 0 saturated heterocycles. The summed E-state index contributed by atoms with van der Waals surface area (Å²) in [6, 6.07) is 7.22. The molecule has 1 aromatic rings. The summed E-state index contributed by atoms with van der Waals surface area (Å²) in [5.74, 6) is -1.27. The number of aliphatic hydroxyl groups excluding tert-OH is 1. The number of rotatable bonds is 7. The van der Waals surface area contributed by atoms with Crippen LogP contribution in [0, 0.1) is 5.92 Å². The van der Waals surface area contributed by atoms with Crippen LogP contribution in [0.5, 0.6) is 0 Å². The van der Waals surface area contributed by atoms with Gasteiger partial charge >= 0.3 is 5.97 Å². The van der Waals surface area contributed by atoms with Gasteiger partial charge in [0.2, 0.25) is 5.91 Å². The van der Waals surface area contributed by atoms with Crippen LogP contribution in [0.15, 0.2) is 24.3 Å². The van der Waals surface area contributed by atoms with Crippen molar-refractivity contribution in [2.75, 3.05) is 11.9 Å². The van der Waals surface area contributed by atoms with Gasteiger partial charge in [0.1, 0.15) is 0 Å². The van der Waals surface area contributed by atoms with Crippen LogP contribution in [0.3, 0.4) is 0 Å². The van der Waals surface area contributed by atoms with E-state index in [1.165, 1.54) is 0 Å². The molecule has 0 aliphatic carbocycles. The van der Waals surface area contributed by atoms with Gasteiger partial charge in [0.05, 0.1) is 0 Å². The van der Waals surface area contributed by atoms with E-state index in [2.05, 4.69) is 5.32 Å². The van der Waals surface area contributed by atoms with E-state index < -0.39 is 5.97 Å². The Kier molecular flexibility index (Phi) is 6.02. The summed E-state index contributed by atoms with van der Waals surface area (Å²) in [6.45, 7) is 1.83. The molecule has 0 heterocycles. The Morgan fingerprint density at radius 1 is 1.21 bits per heavy atom. The van der Waals surface area contributed by atoms with Crippen molar-refractivity contribution in [3.05, 3.63) is 29.8 Å². The number of anilines is 1. The summed E-state index contributed by atoms with van der Waals surface area (Å²) in [5, 5.41) is 20.1. The van der Waals surface area contributed by atoms with Crippen LogP contribution >= 0.6 is 0 Å². The smallest absolute Gasteiger partial charge is 0.303 e. The van der Waals surface area contributed by atoms with Crippen molar-refractivity contribution in [1.29, 1.82) is 0 Å². The van der Waals surface area contributed by atoms with Gasteiger partial charge in [-0.2, -0.15) is 0 Å². The molecule has 0 aliphatic heterocycles. The van der Waals surface area contributed by atoms with E-state index in [4.69, 9.17) is 10.2 Å². The zero-order valence-corrected chi connectivity index (χ0v) is 10.9. The highest BCUT2D eigenvalue weighted by Crippen LogP contribution is 2.13. The van der Waals surface area contributed by atoms with E-state index >= 15 is 0 Å². The van der Waals surface area contributed by atoms with Crippen LogP contribution in [0.1, 0.15) is 25.3 Å². The van der Waals surface area contributed by atoms with Gasteiger partial charge in [-0.15, -0.1) is 0 Å². The third-order valence-corrected chi connectivity index (χ3v) is 2.70. The topological polar surface area (TPSA) is 86.6 Å². The van der Waals surface area contributed by atoms with Crippen molar-refractivity contribution in [3.63, 3.8) is 0 Å². The molecule has 104 valence electrons. The van der Waals surface area contributed by atoms with Gasteiger partial charge in [-0.05, 0) is 30.0 Å². The highest BCUT2D eigenvalue weighted by atomic mass is 16.4. The van der Waals surface area contributed by atoms with Crippen molar-refractivity contribution in [2.45, 2.75) is 26.2 Å². The maximum absolute atomic E-state index is 11.7.